The molecule has 0 bridgehead atoms. The van der Waals surface area contributed by atoms with Gasteiger partial charge in [-0.1, -0.05) is 44.9 Å². The number of nitrogens with zero attached hydrogens (tertiary/aromatic N) is 1. The Bertz CT molecular complexity index is 472. The lowest BCUT2D eigenvalue weighted by Crippen LogP contribution is -2.48. The molecular weight excluding hydrogens is 232 g/mol. The van der Waals surface area contributed by atoms with E-state index in [-0.39, 0.29) is 0 Å². The zero-order valence-corrected chi connectivity index (χ0v) is 12.2. The summed E-state index contributed by atoms with van der Waals surface area (Å²) in [7, 11) is 0. The Kier molecular flexibility index (Phi) is 4.14. The molecule has 0 heterocycles. The number of nitriles is 1. The third-order valence-electron chi connectivity index (χ3n) is 4.48. The molecule has 1 aromatic rings. The van der Waals surface area contributed by atoms with E-state index in [0.29, 0.717) is 11.8 Å². The fourth-order valence-corrected chi connectivity index (χ4v) is 3.38. The van der Waals surface area contributed by atoms with E-state index in [1.807, 2.05) is 12.1 Å². The van der Waals surface area contributed by atoms with Crippen molar-refractivity contribution in [3.8, 4) is 6.07 Å². The molecule has 1 aromatic carbocycles. The molecule has 2 nitrogen and oxygen atoms in total. The highest BCUT2D eigenvalue weighted by atomic mass is 15.0. The molecule has 0 radical (unpaired) electrons. The molecule has 102 valence electrons. The average molecular weight is 256 g/mol. The van der Waals surface area contributed by atoms with Crippen molar-refractivity contribution in [1.29, 1.82) is 5.26 Å². The van der Waals surface area contributed by atoms with Gasteiger partial charge in [-0.15, -0.1) is 0 Å². The average Bonchev–Trinajstić information content (AvgIpc) is 2.41. The second-order valence-electron chi connectivity index (χ2n) is 6.12. The number of para-hydroxylation sites is 1. The number of hydrogen-bond donors (Lipinski definition) is 1. The Morgan fingerprint density at radius 1 is 1.32 bits per heavy atom. The summed E-state index contributed by atoms with van der Waals surface area (Å²) in [5, 5.41) is 13.4. The van der Waals surface area contributed by atoms with Gasteiger partial charge in [-0.05, 0) is 43.2 Å². The van der Waals surface area contributed by atoms with Gasteiger partial charge < -0.3 is 5.32 Å². The van der Waals surface area contributed by atoms with Crippen LogP contribution in [0.1, 0.15) is 45.1 Å². The van der Waals surface area contributed by atoms with Gasteiger partial charge in [0, 0.05) is 5.69 Å². The SMILES string of the molecule is Cc1ccccc1NC1(C#N)CCCCC1C(C)C. The van der Waals surface area contributed by atoms with Crippen LogP contribution in [0.3, 0.4) is 0 Å². The minimum absolute atomic E-state index is 0.390. The van der Waals surface area contributed by atoms with E-state index in [0.717, 1.165) is 24.9 Å². The maximum atomic E-state index is 9.80. The lowest BCUT2D eigenvalue weighted by molar-refractivity contribution is 0.205. The van der Waals surface area contributed by atoms with Crippen molar-refractivity contribution in [1.82, 2.24) is 0 Å². The number of aryl methyl sites for hydroxylation is 1. The van der Waals surface area contributed by atoms with E-state index in [4.69, 9.17) is 0 Å². The van der Waals surface area contributed by atoms with Crippen LogP contribution in [0.2, 0.25) is 0 Å². The molecule has 2 heteroatoms. The van der Waals surface area contributed by atoms with E-state index in [2.05, 4.69) is 44.3 Å². The van der Waals surface area contributed by atoms with Gasteiger partial charge in [-0.25, -0.2) is 0 Å². The second kappa shape index (κ2) is 5.65. The molecule has 0 spiro atoms. The van der Waals surface area contributed by atoms with Crippen LogP contribution in [0.4, 0.5) is 5.69 Å². The maximum absolute atomic E-state index is 9.80. The maximum Gasteiger partial charge on any atom is 0.128 e. The molecule has 1 fully saturated rings. The number of nitrogens with one attached hydrogen (secondary N) is 1. The van der Waals surface area contributed by atoms with Crippen LogP contribution in [0.25, 0.3) is 0 Å². The zero-order chi connectivity index (χ0) is 13.9. The predicted octanol–water partition coefficient (Wildman–Crippen LogP) is 4.52. The topological polar surface area (TPSA) is 35.8 Å². The van der Waals surface area contributed by atoms with E-state index < -0.39 is 5.54 Å². The van der Waals surface area contributed by atoms with Crippen LogP contribution >= 0.6 is 0 Å². The van der Waals surface area contributed by atoms with Crippen LogP contribution in [0.5, 0.6) is 0 Å². The molecule has 0 aliphatic heterocycles. The third-order valence-corrected chi connectivity index (χ3v) is 4.48. The summed E-state index contributed by atoms with van der Waals surface area (Å²) in [5.41, 5.74) is 1.93. The van der Waals surface area contributed by atoms with Gasteiger partial charge in [0.1, 0.15) is 5.54 Å². The Hall–Kier alpha value is -1.49. The molecule has 1 saturated carbocycles. The van der Waals surface area contributed by atoms with Crippen LogP contribution < -0.4 is 5.32 Å². The fraction of sp³-hybridized carbons (Fsp3) is 0.588. The molecule has 1 N–H and O–H groups in total. The molecule has 2 unspecified atom stereocenters. The summed E-state index contributed by atoms with van der Waals surface area (Å²) in [6, 6.07) is 10.9. The summed E-state index contributed by atoms with van der Waals surface area (Å²) in [4.78, 5) is 0. The normalized spacial score (nSPS) is 27.0. The molecule has 1 aliphatic rings. The van der Waals surface area contributed by atoms with Gasteiger partial charge >= 0.3 is 0 Å². The molecular formula is C17H24N2. The Labute approximate surface area is 116 Å². The molecule has 2 atom stereocenters. The summed E-state index contributed by atoms with van der Waals surface area (Å²) in [6.45, 7) is 6.57. The fourth-order valence-electron chi connectivity index (χ4n) is 3.38. The molecule has 1 aliphatic carbocycles. The van der Waals surface area contributed by atoms with Gasteiger partial charge in [0.25, 0.3) is 0 Å². The highest BCUT2D eigenvalue weighted by Gasteiger charge is 2.42. The van der Waals surface area contributed by atoms with Gasteiger partial charge in [0.15, 0.2) is 0 Å². The molecule has 0 saturated heterocycles. The van der Waals surface area contributed by atoms with Crippen molar-refractivity contribution < 1.29 is 0 Å². The lowest BCUT2D eigenvalue weighted by atomic mass is 9.68. The van der Waals surface area contributed by atoms with E-state index in [1.165, 1.54) is 12.0 Å². The number of benzene rings is 1. The van der Waals surface area contributed by atoms with Crippen LogP contribution in [0, 0.1) is 30.1 Å². The largest absolute Gasteiger partial charge is 0.367 e. The first-order chi connectivity index (χ1) is 9.09. The zero-order valence-electron chi connectivity index (χ0n) is 12.2. The molecule has 19 heavy (non-hydrogen) atoms. The van der Waals surface area contributed by atoms with Gasteiger partial charge in [0.2, 0.25) is 0 Å². The minimum atomic E-state index is -0.390. The van der Waals surface area contributed by atoms with Crippen molar-refractivity contribution in [3.63, 3.8) is 0 Å². The Morgan fingerprint density at radius 2 is 2.05 bits per heavy atom. The van der Waals surface area contributed by atoms with E-state index in [1.54, 1.807) is 0 Å². The highest BCUT2D eigenvalue weighted by molar-refractivity contribution is 5.54. The monoisotopic (exact) mass is 256 g/mol. The summed E-state index contributed by atoms with van der Waals surface area (Å²) in [5.74, 6) is 0.974. The predicted molar refractivity (Wildman–Crippen MR) is 79.9 cm³/mol. The summed E-state index contributed by atoms with van der Waals surface area (Å²) in [6.07, 6.45) is 4.52. The quantitative estimate of drug-likeness (QED) is 0.863. The lowest BCUT2D eigenvalue weighted by Gasteiger charge is -2.42. The van der Waals surface area contributed by atoms with Crippen LogP contribution in [-0.4, -0.2) is 5.54 Å². The Morgan fingerprint density at radius 3 is 2.68 bits per heavy atom. The van der Waals surface area contributed by atoms with Crippen molar-refractivity contribution in [2.24, 2.45) is 11.8 Å². The van der Waals surface area contributed by atoms with Crippen molar-refractivity contribution in [3.05, 3.63) is 29.8 Å². The second-order valence-corrected chi connectivity index (χ2v) is 6.12. The van der Waals surface area contributed by atoms with Gasteiger partial charge in [-0.2, -0.15) is 5.26 Å². The van der Waals surface area contributed by atoms with Crippen LogP contribution in [-0.2, 0) is 0 Å². The first-order valence-corrected chi connectivity index (χ1v) is 7.34. The molecule has 2 rings (SSSR count). The molecule has 0 amide bonds. The first-order valence-electron chi connectivity index (χ1n) is 7.34. The first kappa shape index (κ1) is 13.9. The number of anilines is 1. The number of hydrogen-bond acceptors (Lipinski definition) is 2. The van der Waals surface area contributed by atoms with E-state index >= 15 is 0 Å². The Balaban J connectivity index is 2.31. The third kappa shape index (κ3) is 2.76. The standard InChI is InChI=1S/C17H24N2/c1-13(2)15-9-6-7-11-17(15,12-18)19-16-10-5-4-8-14(16)3/h4-5,8,10,13,15,19H,6-7,9,11H2,1-3H3. The van der Waals surface area contributed by atoms with E-state index in [9.17, 15) is 5.26 Å². The van der Waals surface area contributed by atoms with Crippen molar-refractivity contribution >= 4 is 5.69 Å². The van der Waals surface area contributed by atoms with Crippen molar-refractivity contribution in [2.75, 3.05) is 5.32 Å². The highest BCUT2D eigenvalue weighted by Crippen LogP contribution is 2.40. The smallest absolute Gasteiger partial charge is 0.128 e. The van der Waals surface area contributed by atoms with Gasteiger partial charge in [0.05, 0.1) is 6.07 Å². The number of rotatable bonds is 3. The molecule has 0 aromatic heterocycles. The van der Waals surface area contributed by atoms with Crippen LogP contribution in [0.15, 0.2) is 24.3 Å². The minimum Gasteiger partial charge on any atom is -0.367 e. The van der Waals surface area contributed by atoms with Crippen molar-refractivity contribution in [2.45, 2.75) is 52.0 Å². The summed E-state index contributed by atoms with van der Waals surface area (Å²) >= 11 is 0. The summed E-state index contributed by atoms with van der Waals surface area (Å²) < 4.78 is 0. The van der Waals surface area contributed by atoms with Gasteiger partial charge in [-0.3, -0.25) is 0 Å².